The van der Waals surface area contributed by atoms with Gasteiger partial charge in [0.25, 0.3) is 0 Å². The quantitative estimate of drug-likeness (QED) is 0.306. The minimum Gasteiger partial charge on any atom is -0.455 e. The summed E-state index contributed by atoms with van der Waals surface area (Å²) in [4.78, 5) is 23.6. The van der Waals surface area contributed by atoms with E-state index in [1.165, 1.54) is 6.07 Å². The van der Waals surface area contributed by atoms with Gasteiger partial charge in [0.1, 0.15) is 11.5 Å². The fourth-order valence-corrected chi connectivity index (χ4v) is 2.69. The van der Waals surface area contributed by atoms with Crippen molar-refractivity contribution in [3.8, 4) is 11.3 Å². The van der Waals surface area contributed by atoms with Crippen molar-refractivity contribution in [2.45, 2.75) is 6.18 Å². The molecule has 0 unspecified atom stereocenters. The van der Waals surface area contributed by atoms with Crippen molar-refractivity contribution in [2.24, 2.45) is 5.10 Å². The van der Waals surface area contributed by atoms with E-state index in [0.29, 0.717) is 27.4 Å². The molecule has 2 amide bonds. The fraction of sp³-hybridized carbons (Fsp3) is 0.0500. The summed E-state index contributed by atoms with van der Waals surface area (Å²) in [5.41, 5.74) is 1.48. The van der Waals surface area contributed by atoms with E-state index in [-0.39, 0.29) is 11.4 Å². The molecule has 0 aliphatic rings. The van der Waals surface area contributed by atoms with Crippen LogP contribution in [0, 0.1) is 0 Å². The molecule has 3 rings (SSSR count). The number of nitrogens with zero attached hydrogens (tertiary/aromatic N) is 1. The second kappa shape index (κ2) is 9.23. The fourth-order valence-electron chi connectivity index (χ4n) is 2.39. The van der Waals surface area contributed by atoms with E-state index in [1.54, 1.807) is 30.3 Å². The molecule has 1 aromatic heterocycles. The average molecular weight is 470 g/mol. The molecular weight excluding hydrogens is 458 g/mol. The second-order valence-corrected chi connectivity index (χ2v) is 6.88. The molecule has 31 heavy (non-hydrogen) atoms. The normalized spacial score (nSPS) is 11.5. The highest BCUT2D eigenvalue weighted by molar-refractivity contribution is 6.42. The van der Waals surface area contributed by atoms with Gasteiger partial charge in [0.15, 0.2) is 0 Å². The summed E-state index contributed by atoms with van der Waals surface area (Å²) in [6.45, 7) is 0. The zero-order valence-corrected chi connectivity index (χ0v) is 16.8. The molecule has 3 aromatic rings. The van der Waals surface area contributed by atoms with Crippen LogP contribution in [0.1, 0.15) is 11.3 Å². The van der Waals surface area contributed by atoms with Crippen LogP contribution in [-0.2, 0) is 15.8 Å². The highest BCUT2D eigenvalue weighted by Crippen LogP contribution is 2.31. The highest BCUT2D eigenvalue weighted by Gasteiger charge is 2.30. The van der Waals surface area contributed by atoms with Crippen LogP contribution in [-0.4, -0.2) is 18.0 Å². The summed E-state index contributed by atoms with van der Waals surface area (Å²) in [7, 11) is 0. The molecule has 2 aromatic carbocycles. The van der Waals surface area contributed by atoms with Crippen LogP contribution >= 0.6 is 23.2 Å². The Labute approximate surface area is 183 Å². The number of hydrogen-bond acceptors (Lipinski definition) is 4. The molecule has 11 heteroatoms. The molecule has 0 aliphatic heterocycles. The van der Waals surface area contributed by atoms with E-state index >= 15 is 0 Å². The predicted octanol–water partition coefficient (Wildman–Crippen LogP) is 5.36. The molecule has 0 aliphatic carbocycles. The zero-order chi connectivity index (χ0) is 22.6. The van der Waals surface area contributed by atoms with Gasteiger partial charge >= 0.3 is 18.0 Å². The summed E-state index contributed by atoms with van der Waals surface area (Å²) >= 11 is 11.8. The molecule has 0 saturated heterocycles. The van der Waals surface area contributed by atoms with Crippen LogP contribution < -0.4 is 10.7 Å². The Hall–Kier alpha value is -3.30. The summed E-state index contributed by atoms with van der Waals surface area (Å²) < 4.78 is 43.7. The number of furan rings is 1. The van der Waals surface area contributed by atoms with E-state index in [9.17, 15) is 22.8 Å². The van der Waals surface area contributed by atoms with E-state index < -0.39 is 23.6 Å². The maximum absolute atomic E-state index is 12.7. The lowest BCUT2D eigenvalue weighted by Gasteiger charge is -2.09. The van der Waals surface area contributed by atoms with Crippen molar-refractivity contribution in [1.82, 2.24) is 5.43 Å². The third-order valence-corrected chi connectivity index (χ3v) is 4.58. The number of benzene rings is 2. The first-order valence-electron chi connectivity index (χ1n) is 8.50. The standard InChI is InChI=1S/C20H12Cl2F3N3O3/c21-15-6-4-11(8-16(15)22)17-7-5-14(31-17)10-26-28-19(30)18(29)27-13-3-1-2-12(9-13)20(23,24)25/h1-10H,(H,27,29)(H,28,30)/b26-10+. The van der Waals surface area contributed by atoms with Crippen LogP contribution in [0.4, 0.5) is 18.9 Å². The van der Waals surface area contributed by atoms with Crippen molar-refractivity contribution in [1.29, 1.82) is 0 Å². The number of carbonyl (C=O) groups excluding carboxylic acids is 2. The molecule has 0 saturated carbocycles. The number of anilines is 1. The average Bonchev–Trinajstić information content (AvgIpc) is 3.18. The third-order valence-electron chi connectivity index (χ3n) is 3.84. The first-order valence-corrected chi connectivity index (χ1v) is 9.26. The van der Waals surface area contributed by atoms with Crippen molar-refractivity contribution in [3.63, 3.8) is 0 Å². The smallest absolute Gasteiger partial charge is 0.416 e. The Bertz CT molecular complexity index is 1160. The molecule has 0 spiro atoms. The van der Waals surface area contributed by atoms with Crippen LogP contribution in [0.5, 0.6) is 0 Å². The van der Waals surface area contributed by atoms with E-state index in [4.69, 9.17) is 27.6 Å². The number of hydrogen-bond donors (Lipinski definition) is 2. The minimum atomic E-state index is -4.58. The Balaban J connectivity index is 1.59. The topological polar surface area (TPSA) is 83.7 Å². The Morgan fingerprint density at radius 2 is 1.74 bits per heavy atom. The number of hydrazone groups is 1. The summed E-state index contributed by atoms with van der Waals surface area (Å²) in [6, 6.07) is 12.0. The Morgan fingerprint density at radius 1 is 0.968 bits per heavy atom. The molecule has 0 atom stereocenters. The molecule has 6 nitrogen and oxygen atoms in total. The van der Waals surface area contributed by atoms with Crippen molar-refractivity contribution < 1.29 is 27.2 Å². The van der Waals surface area contributed by atoms with Crippen molar-refractivity contribution in [3.05, 3.63) is 76.0 Å². The number of nitrogens with one attached hydrogen (secondary N) is 2. The lowest BCUT2D eigenvalue weighted by atomic mass is 10.2. The van der Waals surface area contributed by atoms with Crippen molar-refractivity contribution in [2.75, 3.05) is 5.32 Å². The van der Waals surface area contributed by atoms with Gasteiger partial charge in [-0.1, -0.05) is 29.3 Å². The van der Waals surface area contributed by atoms with Gasteiger partial charge in [0.2, 0.25) is 0 Å². The second-order valence-electron chi connectivity index (χ2n) is 6.06. The lowest BCUT2D eigenvalue weighted by Crippen LogP contribution is -2.32. The van der Waals surface area contributed by atoms with E-state index in [1.807, 2.05) is 5.43 Å². The van der Waals surface area contributed by atoms with Crippen molar-refractivity contribution >= 4 is 46.9 Å². The van der Waals surface area contributed by atoms with Gasteiger partial charge in [-0.15, -0.1) is 0 Å². The number of rotatable bonds is 4. The monoisotopic (exact) mass is 469 g/mol. The maximum Gasteiger partial charge on any atom is 0.416 e. The molecular formula is C20H12Cl2F3N3O3. The minimum absolute atomic E-state index is 0.184. The molecule has 160 valence electrons. The summed E-state index contributed by atoms with van der Waals surface area (Å²) in [6.07, 6.45) is -3.43. The van der Waals surface area contributed by atoms with Gasteiger partial charge in [-0.25, -0.2) is 5.43 Å². The van der Waals surface area contributed by atoms with E-state index in [0.717, 1.165) is 18.3 Å². The summed E-state index contributed by atoms with van der Waals surface area (Å²) in [5, 5.41) is 6.41. The maximum atomic E-state index is 12.7. The number of carbonyl (C=O) groups is 2. The van der Waals surface area contributed by atoms with Gasteiger partial charge in [-0.05, 0) is 48.5 Å². The first-order chi connectivity index (χ1) is 14.6. The largest absolute Gasteiger partial charge is 0.455 e. The van der Waals surface area contributed by atoms with Gasteiger partial charge in [-0.3, -0.25) is 9.59 Å². The number of halogens is 5. The zero-order valence-electron chi connectivity index (χ0n) is 15.3. The van der Waals surface area contributed by atoms with Gasteiger partial charge in [0, 0.05) is 11.3 Å². The molecule has 2 N–H and O–H groups in total. The molecule has 0 bridgehead atoms. The molecule has 0 radical (unpaired) electrons. The summed E-state index contributed by atoms with van der Waals surface area (Å²) in [5.74, 6) is -1.63. The first kappa shape index (κ1) is 22.4. The van der Waals surface area contributed by atoms with Gasteiger partial charge in [-0.2, -0.15) is 18.3 Å². The van der Waals surface area contributed by atoms with Crippen LogP contribution in [0.2, 0.25) is 10.0 Å². The van der Waals surface area contributed by atoms with Crippen LogP contribution in [0.25, 0.3) is 11.3 Å². The third kappa shape index (κ3) is 5.87. The number of amides is 2. The Kier molecular flexibility index (Phi) is 6.67. The van der Waals surface area contributed by atoms with Gasteiger partial charge in [0.05, 0.1) is 21.8 Å². The number of alkyl halides is 3. The molecule has 1 heterocycles. The Morgan fingerprint density at radius 3 is 2.45 bits per heavy atom. The molecule has 0 fully saturated rings. The SMILES string of the molecule is O=C(N/N=C/c1ccc(-c2ccc(Cl)c(Cl)c2)o1)C(=O)Nc1cccc(C(F)(F)F)c1. The van der Waals surface area contributed by atoms with Crippen LogP contribution in [0.15, 0.2) is 64.1 Å². The van der Waals surface area contributed by atoms with Gasteiger partial charge < -0.3 is 9.73 Å². The van der Waals surface area contributed by atoms with Crippen LogP contribution in [0.3, 0.4) is 0 Å². The van der Waals surface area contributed by atoms with E-state index in [2.05, 4.69) is 10.4 Å². The predicted molar refractivity (Wildman–Crippen MR) is 110 cm³/mol. The highest BCUT2D eigenvalue weighted by atomic mass is 35.5. The lowest BCUT2D eigenvalue weighted by molar-refractivity contribution is -0.137.